The average molecular weight is 637 g/mol. The summed E-state index contributed by atoms with van der Waals surface area (Å²) >= 11 is 6.19. The summed E-state index contributed by atoms with van der Waals surface area (Å²) in [6.45, 7) is 2.69. The molecule has 4 aromatic rings. The van der Waals surface area contributed by atoms with Crippen molar-refractivity contribution in [2.24, 2.45) is 0 Å². The van der Waals surface area contributed by atoms with Crippen molar-refractivity contribution in [3.05, 3.63) is 106 Å². The van der Waals surface area contributed by atoms with Crippen LogP contribution in [0.2, 0.25) is 0 Å². The largest absolute Gasteiger partial charge is 0.507 e. The highest BCUT2D eigenvalue weighted by Gasteiger charge is 2.48. The fraction of sp³-hybridized carbons (Fsp3) is 0.200. The molecule has 7 nitrogen and oxygen atoms in total. The van der Waals surface area contributed by atoms with Gasteiger partial charge < -0.3 is 9.84 Å². The molecule has 0 aliphatic carbocycles. The maximum atomic E-state index is 13.4. The van der Waals surface area contributed by atoms with E-state index in [9.17, 15) is 14.7 Å². The number of aromatic nitrogens is 2. The van der Waals surface area contributed by atoms with Gasteiger partial charge in [-0.3, -0.25) is 14.5 Å². The SMILES string of the molecule is CCCCOc1ccc(C(O)=C2C(=O)C(=O)N(c3nnc(SCc4ccccc4)s3)[C@H]2c2ccc(Br)cc2)cc1. The lowest BCUT2D eigenvalue weighted by Gasteiger charge is -2.22. The zero-order valence-corrected chi connectivity index (χ0v) is 24.8. The Labute approximate surface area is 249 Å². The van der Waals surface area contributed by atoms with Crippen LogP contribution in [0.3, 0.4) is 0 Å². The summed E-state index contributed by atoms with van der Waals surface area (Å²) < 4.78 is 7.25. The van der Waals surface area contributed by atoms with Crippen LogP contribution < -0.4 is 9.64 Å². The van der Waals surface area contributed by atoms with Crippen LogP contribution in [0.25, 0.3) is 5.76 Å². The molecule has 3 aromatic carbocycles. The summed E-state index contributed by atoms with van der Waals surface area (Å²) in [5.41, 5.74) is 2.22. The lowest BCUT2D eigenvalue weighted by Crippen LogP contribution is -2.29. The van der Waals surface area contributed by atoms with Gasteiger partial charge in [0, 0.05) is 15.8 Å². The summed E-state index contributed by atoms with van der Waals surface area (Å²) in [6.07, 6.45) is 1.97. The number of amides is 1. The third-order valence-electron chi connectivity index (χ3n) is 6.33. The van der Waals surface area contributed by atoms with Crippen molar-refractivity contribution >= 4 is 61.6 Å². The van der Waals surface area contributed by atoms with E-state index in [0.717, 1.165) is 22.9 Å². The Bertz CT molecular complexity index is 1520. The first-order valence-electron chi connectivity index (χ1n) is 12.8. The number of carbonyl (C=O) groups is 2. The summed E-state index contributed by atoms with van der Waals surface area (Å²) in [4.78, 5) is 28.2. The molecule has 1 amide bonds. The molecule has 1 fully saturated rings. The summed E-state index contributed by atoms with van der Waals surface area (Å²) in [5, 5.41) is 20.2. The number of halogens is 1. The minimum Gasteiger partial charge on any atom is -0.507 e. The molecule has 1 aliphatic rings. The number of hydrogen-bond donors (Lipinski definition) is 1. The number of aliphatic hydroxyl groups excluding tert-OH is 1. The van der Waals surface area contributed by atoms with Gasteiger partial charge in [-0.25, -0.2) is 0 Å². The van der Waals surface area contributed by atoms with Crippen molar-refractivity contribution in [1.82, 2.24) is 10.2 Å². The number of hydrogen-bond acceptors (Lipinski definition) is 8. The van der Waals surface area contributed by atoms with Crippen molar-refractivity contribution in [1.29, 1.82) is 0 Å². The third kappa shape index (κ3) is 6.14. The summed E-state index contributed by atoms with van der Waals surface area (Å²) in [7, 11) is 0. The molecule has 0 bridgehead atoms. The first-order chi connectivity index (χ1) is 19.5. The van der Waals surface area contributed by atoms with Crippen LogP contribution in [-0.2, 0) is 15.3 Å². The maximum Gasteiger partial charge on any atom is 0.301 e. The van der Waals surface area contributed by atoms with Crippen LogP contribution in [0.15, 0.2) is 93.2 Å². The van der Waals surface area contributed by atoms with E-state index in [-0.39, 0.29) is 11.3 Å². The van der Waals surface area contributed by atoms with Gasteiger partial charge in [0.25, 0.3) is 5.78 Å². The highest BCUT2D eigenvalue weighted by molar-refractivity contribution is 9.10. The lowest BCUT2D eigenvalue weighted by molar-refractivity contribution is -0.132. The van der Waals surface area contributed by atoms with E-state index < -0.39 is 17.7 Å². The molecule has 204 valence electrons. The zero-order valence-electron chi connectivity index (χ0n) is 21.6. The topological polar surface area (TPSA) is 92.6 Å². The fourth-order valence-electron chi connectivity index (χ4n) is 4.27. The van der Waals surface area contributed by atoms with Gasteiger partial charge in [0.15, 0.2) is 4.34 Å². The number of nitrogens with zero attached hydrogens (tertiary/aromatic N) is 3. The molecular formula is C30H26BrN3O4S2. The van der Waals surface area contributed by atoms with Crippen molar-refractivity contribution in [2.75, 3.05) is 11.5 Å². The predicted octanol–water partition coefficient (Wildman–Crippen LogP) is 7.40. The van der Waals surface area contributed by atoms with Crippen LogP contribution in [0.4, 0.5) is 5.13 Å². The first kappa shape index (κ1) is 28.1. The smallest absolute Gasteiger partial charge is 0.301 e. The van der Waals surface area contributed by atoms with Gasteiger partial charge in [-0.05, 0) is 53.9 Å². The second-order valence-electron chi connectivity index (χ2n) is 9.07. The van der Waals surface area contributed by atoms with E-state index in [2.05, 4.69) is 33.1 Å². The molecule has 2 heterocycles. The molecule has 5 rings (SSSR count). The van der Waals surface area contributed by atoms with Gasteiger partial charge in [0.05, 0.1) is 18.2 Å². The minimum absolute atomic E-state index is 0.000613. The Morgan fingerprint density at radius 2 is 1.75 bits per heavy atom. The Hall–Kier alpha value is -3.47. The number of benzene rings is 3. The molecule has 0 saturated carbocycles. The quantitative estimate of drug-likeness (QED) is 0.0485. The van der Waals surface area contributed by atoms with Crippen LogP contribution in [0.1, 0.15) is 42.5 Å². The van der Waals surface area contributed by atoms with Gasteiger partial charge in [-0.15, -0.1) is 10.2 Å². The number of ether oxygens (including phenoxy) is 1. The standard InChI is InChI=1S/C30H26BrN3O4S2/c1-2-3-17-38-23-15-11-21(12-16-23)26(35)24-25(20-9-13-22(31)14-10-20)34(28(37)27(24)36)29-32-33-30(40-29)39-18-19-7-5-4-6-8-19/h4-16,25,35H,2-3,17-18H2,1H3/t25-/m0/s1. The molecule has 1 atom stereocenters. The van der Waals surface area contributed by atoms with Crippen LogP contribution in [0, 0.1) is 0 Å². The van der Waals surface area contributed by atoms with Crippen molar-refractivity contribution in [3.63, 3.8) is 0 Å². The monoisotopic (exact) mass is 635 g/mol. The van der Waals surface area contributed by atoms with E-state index in [0.29, 0.717) is 38.7 Å². The Morgan fingerprint density at radius 3 is 2.45 bits per heavy atom. The average Bonchev–Trinajstić information content (AvgIpc) is 3.55. The first-order valence-corrected chi connectivity index (χ1v) is 15.4. The molecule has 10 heteroatoms. The number of Topliss-reactive ketones (excluding diaryl/α,β-unsaturated/α-hetero) is 1. The lowest BCUT2D eigenvalue weighted by atomic mass is 9.95. The van der Waals surface area contributed by atoms with Crippen molar-refractivity contribution < 1.29 is 19.4 Å². The number of anilines is 1. The molecule has 0 radical (unpaired) electrons. The maximum absolute atomic E-state index is 13.4. The number of thioether (sulfide) groups is 1. The number of carbonyl (C=O) groups excluding carboxylic acids is 2. The molecule has 0 spiro atoms. The molecule has 1 aliphatic heterocycles. The second kappa shape index (κ2) is 12.8. The predicted molar refractivity (Wildman–Crippen MR) is 162 cm³/mol. The van der Waals surface area contributed by atoms with Gasteiger partial charge >= 0.3 is 5.91 Å². The molecule has 1 N–H and O–H groups in total. The van der Waals surface area contributed by atoms with Gasteiger partial charge in [0.1, 0.15) is 11.5 Å². The van der Waals surface area contributed by atoms with E-state index in [4.69, 9.17) is 4.74 Å². The Balaban J connectivity index is 1.49. The fourth-order valence-corrected chi connectivity index (χ4v) is 6.35. The summed E-state index contributed by atoms with van der Waals surface area (Å²) in [6, 6.07) is 23.3. The normalized spacial score (nSPS) is 16.4. The van der Waals surface area contributed by atoms with Crippen LogP contribution >= 0.6 is 39.0 Å². The number of ketones is 1. The van der Waals surface area contributed by atoms with Crippen molar-refractivity contribution in [3.8, 4) is 5.75 Å². The zero-order chi connectivity index (χ0) is 28.1. The highest BCUT2D eigenvalue weighted by Crippen LogP contribution is 2.44. The third-order valence-corrected chi connectivity index (χ3v) is 8.99. The molecule has 1 aromatic heterocycles. The minimum atomic E-state index is -0.867. The summed E-state index contributed by atoms with van der Waals surface area (Å²) in [5.74, 6) is -0.420. The number of aliphatic hydroxyl groups is 1. The van der Waals surface area contributed by atoms with Crippen LogP contribution in [0.5, 0.6) is 5.75 Å². The highest BCUT2D eigenvalue weighted by atomic mass is 79.9. The van der Waals surface area contributed by atoms with Crippen molar-refractivity contribution in [2.45, 2.75) is 35.9 Å². The second-order valence-corrected chi connectivity index (χ2v) is 12.2. The van der Waals surface area contributed by atoms with Gasteiger partial charge in [-0.2, -0.15) is 0 Å². The van der Waals surface area contributed by atoms with Gasteiger partial charge in [0.2, 0.25) is 5.13 Å². The van der Waals surface area contributed by atoms with Gasteiger partial charge in [-0.1, -0.05) is 94.8 Å². The van der Waals surface area contributed by atoms with E-state index in [1.165, 1.54) is 28.0 Å². The number of unbranched alkanes of at least 4 members (excludes halogenated alkanes) is 1. The molecule has 40 heavy (non-hydrogen) atoms. The molecular weight excluding hydrogens is 610 g/mol. The Kier molecular flexibility index (Phi) is 8.98. The van der Waals surface area contributed by atoms with Crippen LogP contribution in [-0.4, -0.2) is 33.6 Å². The van der Waals surface area contributed by atoms with E-state index in [1.54, 1.807) is 24.3 Å². The Morgan fingerprint density at radius 1 is 1.02 bits per heavy atom. The molecule has 0 unspecified atom stereocenters. The number of rotatable bonds is 10. The van der Waals surface area contributed by atoms with E-state index >= 15 is 0 Å². The molecule has 1 saturated heterocycles. The van der Waals surface area contributed by atoms with E-state index in [1.807, 2.05) is 54.6 Å².